The van der Waals surface area contributed by atoms with E-state index in [9.17, 15) is 5.11 Å². The molecule has 0 atom stereocenters. The summed E-state index contributed by atoms with van der Waals surface area (Å²) in [6.07, 6.45) is 1.04. The van der Waals surface area contributed by atoms with Gasteiger partial charge in [0.25, 0.3) is 0 Å². The van der Waals surface area contributed by atoms with Crippen LogP contribution in [0, 0.1) is 0 Å². The molecule has 3 heteroatoms. The summed E-state index contributed by atoms with van der Waals surface area (Å²) in [6.45, 7) is 2.84. The van der Waals surface area contributed by atoms with Gasteiger partial charge in [0.15, 0.2) is 0 Å². The maximum atomic E-state index is 9.39. The maximum absolute atomic E-state index is 9.39. The highest BCUT2D eigenvalue weighted by molar-refractivity contribution is 5.51. The first-order valence-electron chi connectivity index (χ1n) is 4.44. The lowest BCUT2D eigenvalue weighted by atomic mass is 10.2. The van der Waals surface area contributed by atoms with Crippen molar-refractivity contribution in [3.63, 3.8) is 0 Å². The van der Waals surface area contributed by atoms with Crippen molar-refractivity contribution in [3.8, 4) is 5.75 Å². The Morgan fingerprint density at radius 1 is 1.38 bits per heavy atom. The average molecular weight is 181 g/mol. The number of hydrogen-bond donors (Lipinski definition) is 3. The molecule has 1 aromatic carbocycles. The van der Waals surface area contributed by atoms with E-state index in [1.54, 1.807) is 12.1 Å². The molecule has 3 nitrogen and oxygen atoms in total. The van der Waals surface area contributed by atoms with Gasteiger partial charge in [-0.15, -0.1) is 0 Å². The Labute approximate surface area is 78.0 Å². The monoisotopic (exact) mass is 181 g/mol. The van der Waals surface area contributed by atoms with E-state index in [1.807, 2.05) is 6.07 Å². The van der Waals surface area contributed by atoms with Gasteiger partial charge < -0.3 is 15.5 Å². The zero-order valence-electron chi connectivity index (χ0n) is 7.75. The quantitative estimate of drug-likeness (QED) is 0.662. The van der Waals surface area contributed by atoms with Crippen LogP contribution in [0.3, 0.4) is 0 Å². The van der Waals surface area contributed by atoms with E-state index in [-0.39, 0.29) is 12.4 Å². The first-order chi connectivity index (χ1) is 6.27. The summed E-state index contributed by atoms with van der Waals surface area (Å²) >= 11 is 0. The maximum Gasteiger partial charge on any atom is 0.123 e. The second-order valence-electron chi connectivity index (χ2n) is 2.93. The molecule has 0 fully saturated rings. The number of phenols is 1. The predicted octanol–water partition coefficient (Wildman–Crippen LogP) is 1.71. The SMILES string of the molecule is CCCNc1ccc(CO)c(O)c1. The van der Waals surface area contributed by atoms with Crippen molar-refractivity contribution in [2.75, 3.05) is 11.9 Å². The van der Waals surface area contributed by atoms with Crippen molar-refractivity contribution < 1.29 is 10.2 Å². The number of aliphatic hydroxyl groups excluding tert-OH is 1. The van der Waals surface area contributed by atoms with Crippen LogP contribution in [0.4, 0.5) is 5.69 Å². The molecular weight excluding hydrogens is 166 g/mol. The normalized spacial score (nSPS) is 10.0. The molecule has 72 valence electrons. The van der Waals surface area contributed by atoms with E-state index in [0.717, 1.165) is 18.7 Å². The molecule has 0 spiro atoms. The molecule has 1 rings (SSSR count). The number of aliphatic hydroxyl groups is 1. The third-order valence-electron chi connectivity index (χ3n) is 1.83. The second kappa shape index (κ2) is 4.72. The molecule has 0 unspecified atom stereocenters. The summed E-state index contributed by atoms with van der Waals surface area (Å²) in [4.78, 5) is 0. The van der Waals surface area contributed by atoms with Gasteiger partial charge in [0.1, 0.15) is 5.75 Å². The molecule has 0 amide bonds. The van der Waals surface area contributed by atoms with Gasteiger partial charge >= 0.3 is 0 Å². The summed E-state index contributed by atoms with van der Waals surface area (Å²) in [6, 6.07) is 5.19. The lowest BCUT2D eigenvalue weighted by Gasteiger charge is -2.06. The van der Waals surface area contributed by atoms with Gasteiger partial charge in [0.05, 0.1) is 6.61 Å². The van der Waals surface area contributed by atoms with E-state index >= 15 is 0 Å². The molecule has 3 N–H and O–H groups in total. The van der Waals surface area contributed by atoms with Gasteiger partial charge in [-0.25, -0.2) is 0 Å². The van der Waals surface area contributed by atoms with E-state index in [2.05, 4.69) is 12.2 Å². The van der Waals surface area contributed by atoms with Crippen LogP contribution in [0.2, 0.25) is 0 Å². The number of anilines is 1. The molecule has 0 aliphatic carbocycles. The fraction of sp³-hybridized carbons (Fsp3) is 0.400. The first kappa shape index (κ1) is 9.86. The highest BCUT2D eigenvalue weighted by Gasteiger charge is 1.99. The van der Waals surface area contributed by atoms with Crippen molar-refractivity contribution in [1.82, 2.24) is 0 Å². The third-order valence-corrected chi connectivity index (χ3v) is 1.83. The van der Waals surface area contributed by atoms with Crippen LogP contribution in [-0.2, 0) is 6.61 Å². The Hall–Kier alpha value is -1.22. The van der Waals surface area contributed by atoms with Gasteiger partial charge in [-0.05, 0) is 12.5 Å². The van der Waals surface area contributed by atoms with E-state index in [0.29, 0.717) is 5.56 Å². The van der Waals surface area contributed by atoms with Crippen molar-refractivity contribution in [1.29, 1.82) is 0 Å². The van der Waals surface area contributed by atoms with Crippen molar-refractivity contribution >= 4 is 5.69 Å². The number of hydrogen-bond acceptors (Lipinski definition) is 3. The summed E-state index contributed by atoms with van der Waals surface area (Å²) in [7, 11) is 0. The van der Waals surface area contributed by atoms with Crippen LogP contribution in [-0.4, -0.2) is 16.8 Å². The highest BCUT2D eigenvalue weighted by Crippen LogP contribution is 2.21. The van der Waals surface area contributed by atoms with Crippen molar-refractivity contribution in [3.05, 3.63) is 23.8 Å². The largest absolute Gasteiger partial charge is 0.508 e. The predicted molar refractivity (Wildman–Crippen MR) is 52.8 cm³/mol. The van der Waals surface area contributed by atoms with Crippen LogP contribution in [0.5, 0.6) is 5.75 Å². The molecular formula is C10H15NO2. The van der Waals surface area contributed by atoms with Crippen LogP contribution in [0.25, 0.3) is 0 Å². The summed E-state index contributed by atoms with van der Waals surface area (Å²) in [5.74, 6) is 0.142. The first-order valence-corrected chi connectivity index (χ1v) is 4.44. The van der Waals surface area contributed by atoms with Gasteiger partial charge in [-0.1, -0.05) is 13.0 Å². The van der Waals surface area contributed by atoms with Crippen LogP contribution >= 0.6 is 0 Å². The summed E-state index contributed by atoms with van der Waals surface area (Å²) in [5.41, 5.74) is 1.44. The Balaban J connectivity index is 2.71. The molecule has 0 aliphatic rings. The molecule has 1 aromatic rings. The lowest BCUT2D eigenvalue weighted by molar-refractivity contribution is 0.275. The standard InChI is InChI=1S/C10H15NO2/c1-2-5-11-9-4-3-8(7-12)10(13)6-9/h3-4,6,11-13H,2,5,7H2,1H3. The number of nitrogens with one attached hydrogen (secondary N) is 1. The lowest BCUT2D eigenvalue weighted by Crippen LogP contribution is -1.99. The summed E-state index contributed by atoms with van der Waals surface area (Å²) in [5, 5.41) is 21.3. The highest BCUT2D eigenvalue weighted by atomic mass is 16.3. The molecule has 0 saturated heterocycles. The topological polar surface area (TPSA) is 52.5 Å². The molecule has 0 aromatic heterocycles. The minimum atomic E-state index is -0.125. The van der Waals surface area contributed by atoms with Crippen LogP contribution < -0.4 is 5.32 Å². The zero-order valence-corrected chi connectivity index (χ0v) is 7.75. The van der Waals surface area contributed by atoms with Crippen LogP contribution in [0.15, 0.2) is 18.2 Å². The van der Waals surface area contributed by atoms with Crippen LogP contribution in [0.1, 0.15) is 18.9 Å². The Kier molecular flexibility index (Phi) is 3.58. The Morgan fingerprint density at radius 2 is 2.15 bits per heavy atom. The molecule has 0 radical (unpaired) electrons. The minimum absolute atomic E-state index is 0.125. The minimum Gasteiger partial charge on any atom is -0.508 e. The molecule has 0 aliphatic heterocycles. The Morgan fingerprint density at radius 3 is 2.69 bits per heavy atom. The van der Waals surface area contributed by atoms with E-state index in [1.165, 1.54) is 0 Å². The second-order valence-corrected chi connectivity index (χ2v) is 2.93. The van der Waals surface area contributed by atoms with Gasteiger partial charge in [0.2, 0.25) is 0 Å². The van der Waals surface area contributed by atoms with Gasteiger partial charge in [0, 0.05) is 23.9 Å². The summed E-state index contributed by atoms with van der Waals surface area (Å²) < 4.78 is 0. The average Bonchev–Trinajstić information content (AvgIpc) is 2.15. The van der Waals surface area contributed by atoms with Gasteiger partial charge in [-0.2, -0.15) is 0 Å². The number of benzene rings is 1. The third kappa shape index (κ3) is 2.63. The van der Waals surface area contributed by atoms with E-state index < -0.39 is 0 Å². The number of aromatic hydroxyl groups is 1. The number of rotatable bonds is 4. The van der Waals surface area contributed by atoms with Crippen molar-refractivity contribution in [2.45, 2.75) is 20.0 Å². The zero-order chi connectivity index (χ0) is 9.68. The molecule has 0 saturated carbocycles. The molecule has 13 heavy (non-hydrogen) atoms. The van der Waals surface area contributed by atoms with E-state index in [4.69, 9.17) is 5.11 Å². The Bertz CT molecular complexity index is 274. The molecule has 0 bridgehead atoms. The molecule has 0 heterocycles. The fourth-order valence-corrected chi connectivity index (χ4v) is 1.08. The van der Waals surface area contributed by atoms with Crippen molar-refractivity contribution in [2.24, 2.45) is 0 Å². The fourth-order valence-electron chi connectivity index (χ4n) is 1.08. The smallest absolute Gasteiger partial charge is 0.123 e. The van der Waals surface area contributed by atoms with Gasteiger partial charge in [-0.3, -0.25) is 0 Å².